The molecule has 1 saturated heterocycles. The molecule has 0 N–H and O–H groups in total. The van der Waals surface area contributed by atoms with E-state index >= 15 is 0 Å². The minimum absolute atomic E-state index is 0.0795. The largest absolute Gasteiger partial charge is 0.336 e. The molecule has 2 heterocycles. The van der Waals surface area contributed by atoms with E-state index in [0.29, 0.717) is 29.8 Å². The van der Waals surface area contributed by atoms with Crippen molar-refractivity contribution in [1.29, 1.82) is 0 Å². The van der Waals surface area contributed by atoms with Crippen molar-refractivity contribution in [2.45, 2.75) is 13.0 Å². The molecule has 1 fully saturated rings. The van der Waals surface area contributed by atoms with Gasteiger partial charge in [0.05, 0.1) is 5.56 Å². The van der Waals surface area contributed by atoms with E-state index in [0.717, 1.165) is 6.54 Å². The Balaban J connectivity index is 2.16. The van der Waals surface area contributed by atoms with Gasteiger partial charge in [-0.05, 0) is 26.1 Å². The van der Waals surface area contributed by atoms with Gasteiger partial charge in [-0.3, -0.25) is 4.79 Å². The molecule has 1 aromatic heterocycles. The average molecular weight is 288 g/mol. The van der Waals surface area contributed by atoms with E-state index in [2.05, 4.69) is 23.9 Å². The molecule has 98 valence electrons. The third-order valence-electron chi connectivity index (χ3n) is 3.29. The number of likely N-dealkylation sites (N-methyl/N-ethyl adjacent to an activating group) is 1. The summed E-state index contributed by atoms with van der Waals surface area (Å²) in [7, 11) is 2.06. The molecule has 1 aliphatic rings. The van der Waals surface area contributed by atoms with Gasteiger partial charge < -0.3 is 9.80 Å². The zero-order valence-electron chi connectivity index (χ0n) is 10.4. The first-order valence-electron chi connectivity index (χ1n) is 5.80. The molecule has 0 radical (unpaired) electrons. The molecular formula is C12H15Cl2N3O. The number of carbonyl (C=O) groups excluding carboxylic acids is 1. The number of hydrogen-bond donors (Lipinski definition) is 0. The highest BCUT2D eigenvalue weighted by Crippen LogP contribution is 2.19. The molecule has 1 unspecified atom stereocenters. The van der Waals surface area contributed by atoms with Crippen LogP contribution in [0.15, 0.2) is 12.1 Å². The third-order valence-corrected chi connectivity index (χ3v) is 3.79. The Morgan fingerprint density at radius 3 is 2.72 bits per heavy atom. The van der Waals surface area contributed by atoms with E-state index in [-0.39, 0.29) is 11.1 Å². The van der Waals surface area contributed by atoms with E-state index in [1.165, 1.54) is 0 Å². The maximum atomic E-state index is 12.3. The average Bonchev–Trinajstić information content (AvgIpc) is 2.32. The van der Waals surface area contributed by atoms with Crippen LogP contribution >= 0.6 is 23.2 Å². The van der Waals surface area contributed by atoms with Crippen LogP contribution in [0.4, 0.5) is 0 Å². The minimum atomic E-state index is -0.0795. The van der Waals surface area contributed by atoms with Crippen molar-refractivity contribution in [3.63, 3.8) is 0 Å². The molecule has 1 aliphatic heterocycles. The van der Waals surface area contributed by atoms with E-state index in [4.69, 9.17) is 23.2 Å². The molecule has 1 aromatic rings. The lowest BCUT2D eigenvalue weighted by Crippen LogP contribution is -2.52. The predicted octanol–water partition coefficient (Wildman–Crippen LogP) is 2.16. The second-order valence-corrected chi connectivity index (χ2v) is 5.30. The van der Waals surface area contributed by atoms with Gasteiger partial charge >= 0.3 is 0 Å². The normalized spacial score (nSPS) is 21.1. The number of halogens is 2. The first-order chi connectivity index (χ1) is 8.49. The fraction of sp³-hybridized carbons (Fsp3) is 0.500. The third kappa shape index (κ3) is 2.76. The molecule has 0 spiro atoms. The quantitative estimate of drug-likeness (QED) is 0.743. The van der Waals surface area contributed by atoms with Crippen LogP contribution in [0.25, 0.3) is 0 Å². The summed E-state index contributed by atoms with van der Waals surface area (Å²) < 4.78 is 0. The summed E-state index contributed by atoms with van der Waals surface area (Å²) in [6.45, 7) is 4.37. The summed E-state index contributed by atoms with van der Waals surface area (Å²) in [4.78, 5) is 20.3. The van der Waals surface area contributed by atoms with Crippen molar-refractivity contribution in [3.05, 3.63) is 28.0 Å². The van der Waals surface area contributed by atoms with Crippen LogP contribution in [0.5, 0.6) is 0 Å². The number of aromatic nitrogens is 1. The standard InChI is InChI=1S/C12H15Cl2N3O/c1-8-7-17(6-5-16(8)2)12(18)9-3-4-10(13)15-11(9)14/h3-4,8H,5-7H2,1-2H3. The molecule has 1 atom stereocenters. The molecular weight excluding hydrogens is 273 g/mol. The van der Waals surface area contributed by atoms with Crippen LogP contribution in [-0.2, 0) is 0 Å². The fourth-order valence-electron chi connectivity index (χ4n) is 1.97. The molecule has 0 bridgehead atoms. The van der Waals surface area contributed by atoms with Crippen molar-refractivity contribution in [2.75, 3.05) is 26.7 Å². The number of carbonyl (C=O) groups is 1. The van der Waals surface area contributed by atoms with Crippen molar-refractivity contribution < 1.29 is 4.79 Å². The van der Waals surface area contributed by atoms with Gasteiger partial charge in [-0.2, -0.15) is 0 Å². The maximum Gasteiger partial charge on any atom is 0.257 e. The first kappa shape index (κ1) is 13.6. The molecule has 2 rings (SSSR count). The van der Waals surface area contributed by atoms with Gasteiger partial charge in [0, 0.05) is 25.7 Å². The summed E-state index contributed by atoms with van der Waals surface area (Å²) in [5.74, 6) is -0.0795. The van der Waals surface area contributed by atoms with Crippen LogP contribution in [0, 0.1) is 0 Å². The van der Waals surface area contributed by atoms with Gasteiger partial charge in [-0.1, -0.05) is 23.2 Å². The lowest BCUT2D eigenvalue weighted by molar-refractivity contribution is 0.0572. The molecule has 6 heteroatoms. The number of nitrogens with zero attached hydrogens (tertiary/aromatic N) is 3. The van der Waals surface area contributed by atoms with E-state index in [1.54, 1.807) is 12.1 Å². The highest BCUT2D eigenvalue weighted by molar-refractivity contribution is 6.34. The Bertz CT molecular complexity index is 467. The Labute approximate surface area is 116 Å². The molecule has 18 heavy (non-hydrogen) atoms. The number of amides is 1. The first-order valence-corrected chi connectivity index (χ1v) is 6.56. The summed E-state index contributed by atoms with van der Waals surface area (Å²) >= 11 is 11.7. The number of rotatable bonds is 1. The van der Waals surface area contributed by atoms with Crippen LogP contribution in [0.3, 0.4) is 0 Å². The van der Waals surface area contributed by atoms with E-state index in [1.807, 2.05) is 4.90 Å². The lowest BCUT2D eigenvalue weighted by atomic mass is 10.1. The Morgan fingerprint density at radius 2 is 2.11 bits per heavy atom. The fourth-order valence-corrected chi connectivity index (χ4v) is 2.40. The summed E-state index contributed by atoms with van der Waals surface area (Å²) in [5, 5.41) is 0.461. The van der Waals surface area contributed by atoms with Crippen LogP contribution in [0.1, 0.15) is 17.3 Å². The molecule has 0 aliphatic carbocycles. The second-order valence-electron chi connectivity index (χ2n) is 4.55. The number of hydrogen-bond acceptors (Lipinski definition) is 3. The maximum absolute atomic E-state index is 12.3. The van der Waals surface area contributed by atoms with Crippen molar-refractivity contribution in [1.82, 2.24) is 14.8 Å². The SMILES string of the molecule is CC1CN(C(=O)c2ccc(Cl)nc2Cl)CCN1C. The molecule has 1 amide bonds. The van der Waals surface area contributed by atoms with Crippen LogP contribution in [0.2, 0.25) is 10.3 Å². The summed E-state index contributed by atoms with van der Waals surface area (Å²) in [5.41, 5.74) is 0.415. The van der Waals surface area contributed by atoms with Crippen molar-refractivity contribution in [3.8, 4) is 0 Å². The zero-order chi connectivity index (χ0) is 13.3. The highest BCUT2D eigenvalue weighted by atomic mass is 35.5. The van der Waals surface area contributed by atoms with Crippen molar-refractivity contribution >= 4 is 29.1 Å². The zero-order valence-corrected chi connectivity index (χ0v) is 11.9. The summed E-state index contributed by atoms with van der Waals surface area (Å²) in [6.07, 6.45) is 0. The van der Waals surface area contributed by atoms with Crippen LogP contribution in [-0.4, -0.2) is 53.4 Å². The van der Waals surface area contributed by atoms with Gasteiger partial charge in [0.25, 0.3) is 5.91 Å². The Kier molecular flexibility index (Phi) is 4.10. The van der Waals surface area contributed by atoms with Gasteiger partial charge in [-0.15, -0.1) is 0 Å². The smallest absolute Gasteiger partial charge is 0.257 e. The van der Waals surface area contributed by atoms with E-state index in [9.17, 15) is 4.79 Å². The minimum Gasteiger partial charge on any atom is -0.336 e. The monoisotopic (exact) mass is 287 g/mol. The van der Waals surface area contributed by atoms with Gasteiger partial charge in [0.15, 0.2) is 0 Å². The number of pyridine rings is 1. The Morgan fingerprint density at radius 1 is 1.39 bits per heavy atom. The lowest BCUT2D eigenvalue weighted by Gasteiger charge is -2.37. The predicted molar refractivity (Wildman–Crippen MR) is 72.3 cm³/mol. The molecule has 0 saturated carbocycles. The van der Waals surface area contributed by atoms with Gasteiger partial charge in [0.2, 0.25) is 0 Å². The van der Waals surface area contributed by atoms with E-state index < -0.39 is 0 Å². The second kappa shape index (κ2) is 5.43. The van der Waals surface area contributed by atoms with Gasteiger partial charge in [0.1, 0.15) is 10.3 Å². The summed E-state index contributed by atoms with van der Waals surface area (Å²) in [6, 6.07) is 3.56. The Hall–Kier alpha value is -0.840. The topological polar surface area (TPSA) is 36.4 Å². The highest BCUT2D eigenvalue weighted by Gasteiger charge is 2.26. The van der Waals surface area contributed by atoms with Crippen LogP contribution < -0.4 is 0 Å². The number of piperazine rings is 1. The molecule has 0 aromatic carbocycles. The van der Waals surface area contributed by atoms with Crippen molar-refractivity contribution in [2.24, 2.45) is 0 Å². The molecule has 4 nitrogen and oxygen atoms in total. The van der Waals surface area contributed by atoms with Gasteiger partial charge in [-0.25, -0.2) is 4.98 Å².